The predicted octanol–water partition coefficient (Wildman–Crippen LogP) is 3.73. The van der Waals surface area contributed by atoms with E-state index >= 15 is 0 Å². The number of aliphatic hydroxyl groups excluding tert-OH is 1. The number of aryl methyl sites for hydroxylation is 1. The van der Waals surface area contributed by atoms with Gasteiger partial charge in [-0.15, -0.1) is 0 Å². The molecule has 0 saturated carbocycles. The first-order valence-electron chi connectivity index (χ1n) is 9.48. The molecule has 2 unspecified atom stereocenters. The van der Waals surface area contributed by atoms with E-state index in [1.54, 1.807) is 12.1 Å². The van der Waals surface area contributed by atoms with Crippen LogP contribution in [0, 0.1) is 6.92 Å². The maximum Gasteiger partial charge on any atom is 0.151 e. The maximum atomic E-state index is 12.0. The molecule has 29 heavy (non-hydrogen) atoms. The van der Waals surface area contributed by atoms with Crippen LogP contribution in [-0.4, -0.2) is 55.2 Å². The Morgan fingerprint density at radius 2 is 2.00 bits per heavy atom. The summed E-state index contributed by atoms with van der Waals surface area (Å²) >= 11 is 12.3. The van der Waals surface area contributed by atoms with Crippen molar-refractivity contribution in [2.75, 3.05) is 24.7 Å². The van der Waals surface area contributed by atoms with Gasteiger partial charge in [-0.1, -0.05) is 47.5 Å². The van der Waals surface area contributed by atoms with Crippen LogP contribution in [0.3, 0.4) is 0 Å². The van der Waals surface area contributed by atoms with Crippen molar-refractivity contribution in [2.45, 2.75) is 32.0 Å². The van der Waals surface area contributed by atoms with E-state index in [4.69, 9.17) is 27.9 Å². The second kappa shape index (κ2) is 9.67. The standard InChI is InChI=1S/C21H25Cl2NO4S/c1-15-4-2-3-5-21(15)28-13-19(25)12-24(18-8-9-29(26,27)14-18)11-16-6-7-17(22)10-20(16)23/h2-7,10,18-19,25H,8-9,11-14H2,1H3. The highest BCUT2D eigenvalue weighted by Crippen LogP contribution is 2.26. The normalized spacial score (nSPS) is 19.4. The third kappa shape index (κ3) is 6.33. The molecular weight excluding hydrogens is 433 g/mol. The Labute approximate surface area is 182 Å². The van der Waals surface area contributed by atoms with Crippen LogP contribution in [0.4, 0.5) is 0 Å². The summed E-state index contributed by atoms with van der Waals surface area (Å²) in [5.74, 6) is 0.976. The average Bonchev–Trinajstić information content (AvgIpc) is 3.02. The summed E-state index contributed by atoms with van der Waals surface area (Å²) in [7, 11) is -3.05. The third-order valence-electron chi connectivity index (χ3n) is 5.08. The molecule has 1 fully saturated rings. The minimum atomic E-state index is -3.05. The molecule has 3 rings (SSSR count). The number of hydrogen-bond donors (Lipinski definition) is 1. The lowest BCUT2D eigenvalue weighted by atomic mass is 10.1. The lowest BCUT2D eigenvalue weighted by Crippen LogP contribution is -2.42. The summed E-state index contributed by atoms with van der Waals surface area (Å²) < 4.78 is 29.7. The second-order valence-electron chi connectivity index (χ2n) is 7.45. The number of ether oxygens (including phenoxy) is 1. The van der Waals surface area contributed by atoms with Crippen LogP contribution in [0.5, 0.6) is 5.75 Å². The molecule has 0 radical (unpaired) electrons. The van der Waals surface area contributed by atoms with Crippen molar-refractivity contribution >= 4 is 33.0 Å². The van der Waals surface area contributed by atoms with Crippen LogP contribution in [0.15, 0.2) is 42.5 Å². The van der Waals surface area contributed by atoms with Gasteiger partial charge in [0.05, 0.1) is 11.5 Å². The summed E-state index contributed by atoms with van der Waals surface area (Å²) in [6, 6.07) is 12.7. The van der Waals surface area contributed by atoms with E-state index in [9.17, 15) is 13.5 Å². The van der Waals surface area contributed by atoms with Gasteiger partial charge >= 0.3 is 0 Å². The van der Waals surface area contributed by atoms with Crippen molar-refractivity contribution in [3.8, 4) is 5.75 Å². The molecule has 0 amide bonds. The number of hydrogen-bond acceptors (Lipinski definition) is 5. The van der Waals surface area contributed by atoms with Crippen LogP contribution in [-0.2, 0) is 16.4 Å². The lowest BCUT2D eigenvalue weighted by Gasteiger charge is -2.30. The SMILES string of the molecule is Cc1ccccc1OCC(O)CN(Cc1ccc(Cl)cc1Cl)C1CCS(=O)(=O)C1. The highest BCUT2D eigenvalue weighted by atomic mass is 35.5. The molecule has 0 aromatic heterocycles. The van der Waals surface area contributed by atoms with Gasteiger partial charge in [0.2, 0.25) is 0 Å². The highest BCUT2D eigenvalue weighted by molar-refractivity contribution is 7.91. The zero-order valence-corrected chi connectivity index (χ0v) is 18.6. The first kappa shape index (κ1) is 22.4. The minimum absolute atomic E-state index is 0.0869. The maximum absolute atomic E-state index is 12.0. The van der Waals surface area contributed by atoms with E-state index in [2.05, 4.69) is 0 Å². The first-order chi connectivity index (χ1) is 13.7. The fourth-order valence-electron chi connectivity index (χ4n) is 3.50. The van der Waals surface area contributed by atoms with Crippen molar-refractivity contribution in [1.82, 2.24) is 4.90 Å². The third-order valence-corrected chi connectivity index (χ3v) is 7.42. The van der Waals surface area contributed by atoms with Gasteiger partial charge in [-0.3, -0.25) is 4.90 Å². The molecule has 0 aliphatic carbocycles. The number of nitrogens with zero attached hydrogens (tertiary/aromatic N) is 1. The Balaban J connectivity index is 1.69. The lowest BCUT2D eigenvalue weighted by molar-refractivity contribution is 0.0523. The molecule has 2 atom stereocenters. The van der Waals surface area contributed by atoms with Crippen molar-refractivity contribution in [1.29, 1.82) is 0 Å². The Kier molecular flexibility index (Phi) is 7.46. The van der Waals surface area contributed by atoms with Gasteiger partial charge in [0.15, 0.2) is 9.84 Å². The van der Waals surface area contributed by atoms with E-state index in [0.29, 0.717) is 23.0 Å². The summed E-state index contributed by atoms with van der Waals surface area (Å²) in [4.78, 5) is 1.98. The first-order valence-corrected chi connectivity index (χ1v) is 12.1. The molecule has 2 aromatic carbocycles. The molecule has 1 aliphatic rings. The quantitative estimate of drug-likeness (QED) is 0.653. The molecule has 0 bridgehead atoms. The molecule has 2 aromatic rings. The summed E-state index contributed by atoms with van der Waals surface area (Å²) in [6.07, 6.45) is -0.233. The molecule has 1 aliphatic heterocycles. The van der Waals surface area contributed by atoms with Crippen LogP contribution in [0.25, 0.3) is 0 Å². The van der Waals surface area contributed by atoms with Crippen LogP contribution in [0.2, 0.25) is 10.0 Å². The summed E-state index contributed by atoms with van der Waals surface area (Å²) in [5, 5.41) is 11.6. The van der Waals surface area contributed by atoms with E-state index < -0.39 is 15.9 Å². The smallest absolute Gasteiger partial charge is 0.151 e. The largest absolute Gasteiger partial charge is 0.491 e. The van der Waals surface area contributed by atoms with Crippen molar-refractivity contribution in [3.05, 3.63) is 63.6 Å². The molecule has 8 heteroatoms. The van der Waals surface area contributed by atoms with Crippen LogP contribution in [0.1, 0.15) is 17.5 Å². The van der Waals surface area contributed by atoms with Gasteiger partial charge in [-0.05, 0) is 42.7 Å². The molecule has 5 nitrogen and oxygen atoms in total. The van der Waals surface area contributed by atoms with Crippen LogP contribution >= 0.6 is 23.2 Å². The number of rotatable bonds is 8. The van der Waals surface area contributed by atoms with Gasteiger partial charge in [0.25, 0.3) is 0 Å². The molecule has 1 N–H and O–H groups in total. The number of benzene rings is 2. The van der Waals surface area contributed by atoms with E-state index in [1.807, 2.05) is 42.2 Å². The molecule has 158 valence electrons. The summed E-state index contributed by atoms with van der Waals surface area (Å²) in [5.41, 5.74) is 1.83. The van der Waals surface area contributed by atoms with E-state index in [-0.39, 0.29) is 30.7 Å². The molecule has 1 saturated heterocycles. The van der Waals surface area contributed by atoms with Gasteiger partial charge in [0.1, 0.15) is 18.5 Å². The van der Waals surface area contributed by atoms with Crippen molar-refractivity contribution in [2.24, 2.45) is 0 Å². The Morgan fingerprint density at radius 1 is 1.24 bits per heavy atom. The highest BCUT2D eigenvalue weighted by Gasteiger charge is 2.33. The minimum Gasteiger partial charge on any atom is -0.491 e. The number of sulfone groups is 1. The fourth-order valence-corrected chi connectivity index (χ4v) is 5.73. The second-order valence-corrected chi connectivity index (χ2v) is 10.5. The van der Waals surface area contributed by atoms with Crippen LogP contribution < -0.4 is 4.74 Å². The van der Waals surface area contributed by atoms with E-state index in [1.165, 1.54) is 0 Å². The van der Waals surface area contributed by atoms with E-state index in [0.717, 1.165) is 16.9 Å². The van der Waals surface area contributed by atoms with Gasteiger partial charge in [-0.25, -0.2) is 8.42 Å². The van der Waals surface area contributed by atoms with Crippen molar-refractivity contribution in [3.63, 3.8) is 0 Å². The fraction of sp³-hybridized carbons (Fsp3) is 0.429. The van der Waals surface area contributed by atoms with Gasteiger partial charge in [0, 0.05) is 29.2 Å². The average molecular weight is 458 g/mol. The van der Waals surface area contributed by atoms with Gasteiger partial charge < -0.3 is 9.84 Å². The van der Waals surface area contributed by atoms with Crippen molar-refractivity contribution < 1.29 is 18.3 Å². The number of para-hydroxylation sites is 1. The summed E-state index contributed by atoms with van der Waals surface area (Å²) in [6.45, 7) is 2.78. The Hall–Kier alpha value is -1.31. The Bertz CT molecular complexity index is 951. The zero-order valence-electron chi connectivity index (χ0n) is 16.2. The number of halogens is 2. The topological polar surface area (TPSA) is 66.8 Å². The molecule has 0 spiro atoms. The molecular formula is C21H25Cl2NO4S. The molecule has 1 heterocycles. The van der Waals surface area contributed by atoms with Gasteiger partial charge in [-0.2, -0.15) is 0 Å². The predicted molar refractivity (Wildman–Crippen MR) is 117 cm³/mol. The zero-order chi connectivity index (χ0) is 21.0. The monoisotopic (exact) mass is 457 g/mol. The Morgan fingerprint density at radius 3 is 2.66 bits per heavy atom. The number of aliphatic hydroxyl groups is 1.